The summed E-state index contributed by atoms with van der Waals surface area (Å²) in [5.74, 6) is -0.292. The number of aromatic nitrogens is 1. The Hall–Kier alpha value is -2.77. The average Bonchev–Trinajstić information content (AvgIpc) is 3.25. The number of anilines is 1. The van der Waals surface area contributed by atoms with Gasteiger partial charge in [-0.05, 0) is 55.7 Å². The molecule has 0 unspecified atom stereocenters. The third-order valence-corrected chi connectivity index (χ3v) is 6.95. The van der Waals surface area contributed by atoms with Gasteiger partial charge in [0, 0.05) is 30.2 Å². The topological polar surface area (TPSA) is 79.4 Å². The van der Waals surface area contributed by atoms with Gasteiger partial charge in [-0.1, -0.05) is 18.2 Å². The van der Waals surface area contributed by atoms with Crippen molar-refractivity contribution in [3.8, 4) is 0 Å². The molecule has 144 valence electrons. The SMILES string of the molecule is Cc1cccc2c(NC(=O)c3ccc(S(=O)(=O)N4CCCC4)cc3)ccnc12. The van der Waals surface area contributed by atoms with Gasteiger partial charge in [-0.15, -0.1) is 0 Å². The highest BCUT2D eigenvalue weighted by atomic mass is 32.2. The Labute approximate surface area is 164 Å². The number of nitrogens with one attached hydrogen (secondary N) is 1. The van der Waals surface area contributed by atoms with Gasteiger partial charge in [0.2, 0.25) is 10.0 Å². The first-order valence-corrected chi connectivity index (χ1v) is 10.7. The number of nitrogens with zero attached hydrogens (tertiary/aromatic N) is 2. The molecule has 1 amide bonds. The summed E-state index contributed by atoms with van der Waals surface area (Å²) in [5.41, 5.74) is 2.95. The quantitative estimate of drug-likeness (QED) is 0.732. The van der Waals surface area contributed by atoms with Crippen molar-refractivity contribution in [1.29, 1.82) is 0 Å². The number of carbonyl (C=O) groups is 1. The Bertz CT molecular complexity index is 1140. The number of rotatable bonds is 4. The molecule has 0 radical (unpaired) electrons. The van der Waals surface area contributed by atoms with Gasteiger partial charge in [-0.3, -0.25) is 9.78 Å². The molecule has 3 aromatic rings. The maximum absolute atomic E-state index is 12.7. The number of hydrogen-bond acceptors (Lipinski definition) is 4. The molecule has 0 atom stereocenters. The first-order valence-electron chi connectivity index (χ1n) is 9.23. The van der Waals surface area contributed by atoms with Gasteiger partial charge in [-0.25, -0.2) is 8.42 Å². The fourth-order valence-electron chi connectivity index (χ4n) is 3.48. The second-order valence-electron chi connectivity index (χ2n) is 6.92. The van der Waals surface area contributed by atoms with E-state index in [4.69, 9.17) is 0 Å². The number of carbonyl (C=O) groups excluding carboxylic acids is 1. The molecule has 1 fully saturated rings. The van der Waals surface area contributed by atoms with Crippen molar-refractivity contribution in [2.24, 2.45) is 0 Å². The second kappa shape index (κ2) is 7.33. The van der Waals surface area contributed by atoms with E-state index in [9.17, 15) is 13.2 Å². The highest BCUT2D eigenvalue weighted by molar-refractivity contribution is 7.89. The summed E-state index contributed by atoms with van der Waals surface area (Å²) in [5, 5.41) is 3.77. The van der Waals surface area contributed by atoms with E-state index in [-0.39, 0.29) is 10.8 Å². The lowest BCUT2D eigenvalue weighted by atomic mass is 10.1. The van der Waals surface area contributed by atoms with Crippen LogP contribution in [-0.4, -0.2) is 36.7 Å². The molecule has 1 aliphatic heterocycles. The molecule has 1 saturated heterocycles. The fourth-order valence-corrected chi connectivity index (χ4v) is 5.00. The van der Waals surface area contributed by atoms with Crippen molar-refractivity contribution < 1.29 is 13.2 Å². The highest BCUT2D eigenvalue weighted by Gasteiger charge is 2.27. The molecular formula is C21H21N3O3S. The lowest BCUT2D eigenvalue weighted by Crippen LogP contribution is -2.27. The third kappa shape index (κ3) is 3.39. The number of amides is 1. The van der Waals surface area contributed by atoms with Crippen LogP contribution in [0.25, 0.3) is 10.9 Å². The van der Waals surface area contributed by atoms with E-state index in [0.717, 1.165) is 29.3 Å². The standard InChI is InChI=1S/C21H21N3O3S/c1-15-5-4-6-18-19(11-12-22-20(15)18)23-21(25)16-7-9-17(10-8-16)28(26,27)24-13-2-3-14-24/h4-12H,2-3,13-14H2,1H3,(H,22,23,25). The normalized spacial score (nSPS) is 15.0. The Morgan fingerprint density at radius 2 is 1.75 bits per heavy atom. The minimum absolute atomic E-state index is 0.218. The summed E-state index contributed by atoms with van der Waals surface area (Å²) in [4.78, 5) is 17.3. The summed E-state index contributed by atoms with van der Waals surface area (Å²) in [7, 11) is -3.48. The molecule has 2 heterocycles. The number of benzene rings is 2. The molecule has 1 N–H and O–H groups in total. The monoisotopic (exact) mass is 395 g/mol. The van der Waals surface area contributed by atoms with Gasteiger partial charge in [0.25, 0.3) is 5.91 Å². The van der Waals surface area contributed by atoms with E-state index in [1.165, 1.54) is 16.4 Å². The van der Waals surface area contributed by atoms with Crippen LogP contribution in [0.2, 0.25) is 0 Å². The van der Waals surface area contributed by atoms with Crippen LogP contribution in [0.15, 0.2) is 59.6 Å². The third-order valence-electron chi connectivity index (χ3n) is 5.04. The summed E-state index contributed by atoms with van der Waals surface area (Å²) >= 11 is 0. The largest absolute Gasteiger partial charge is 0.321 e. The van der Waals surface area contributed by atoms with Gasteiger partial charge in [0.05, 0.1) is 16.1 Å². The molecular weight excluding hydrogens is 374 g/mol. The molecule has 0 spiro atoms. The number of hydrogen-bond donors (Lipinski definition) is 1. The number of sulfonamides is 1. The van der Waals surface area contributed by atoms with Crippen LogP contribution in [0.4, 0.5) is 5.69 Å². The Balaban J connectivity index is 1.57. The van der Waals surface area contributed by atoms with Crippen molar-refractivity contribution in [3.63, 3.8) is 0 Å². The lowest BCUT2D eigenvalue weighted by Gasteiger charge is -2.15. The summed E-state index contributed by atoms with van der Waals surface area (Å²) in [6, 6.07) is 13.7. The average molecular weight is 395 g/mol. The van der Waals surface area contributed by atoms with Crippen LogP contribution < -0.4 is 5.32 Å². The Kier molecular flexibility index (Phi) is 4.87. The number of para-hydroxylation sites is 1. The van der Waals surface area contributed by atoms with E-state index in [0.29, 0.717) is 24.3 Å². The molecule has 1 aromatic heterocycles. The van der Waals surface area contributed by atoms with E-state index < -0.39 is 10.0 Å². The van der Waals surface area contributed by atoms with Crippen molar-refractivity contribution in [2.75, 3.05) is 18.4 Å². The van der Waals surface area contributed by atoms with Gasteiger partial charge in [-0.2, -0.15) is 4.31 Å². The Morgan fingerprint density at radius 1 is 1.04 bits per heavy atom. The maximum Gasteiger partial charge on any atom is 0.255 e. The van der Waals surface area contributed by atoms with Gasteiger partial charge in [0.1, 0.15) is 0 Å². The van der Waals surface area contributed by atoms with Crippen LogP contribution in [0.5, 0.6) is 0 Å². The summed E-state index contributed by atoms with van der Waals surface area (Å²) in [6.07, 6.45) is 3.44. The number of pyridine rings is 1. The van der Waals surface area contributed by atoms with Crippen molar-refractivity contribution in [3.05, 3.63) is 65.9 Å². The van der Waals surface area contributed by atoms with Gasteiger partial charge in [0.15, 0.2) is 0 Å². The molecule has 1 aliphatic rings. The van der Waals surface area contributed by atoms with E-state index in [1.807, 2.05) is 25.1 Å². The van der Waals surface area contributed by atoms with E-state index in [1.54, 1.807) is 24.4 Å². The number of aryl methyl sites for hydroxylation is 1. The molecule has 0 saturated carbocycles. The summed E-state index contributed by atoms with van der Waals surface area (Å²) < 4.78 is 26.7. The molecule has 7 heteroatoms. The zero-order valence-corrected chi connectivity index (χ0v) is 16.4. The molecule has 2 aromatic carbocycles. The second-order valence-corrected chi connectivity index (χ2v) is 8.86. The zero-order valence-electron chi connectivity index (χ0n) is 15.6. The zero-order chi connectivity index (χ0) is 19.7. The van der Waals surface area contributed by atoms with Crippen molar-refractivity contribution >= 4 is 32.5 Å². The first-order chi connectivity index (χ1) is 13.5. The van der Waals surface area contributed by atoms with Crippen LogP contribution >= 0.6 is 0 Å². The highest BCUT2D eigenvalue weighted by Crippen LogP contribution is 2.25. The van der Waals surface area contributed by atoms with Gasteiger partial charge < -0.3 is 5.32 Å². The van der Waals surface area contributed by atoms with Gasteiger partial charge >= 0.3 is 0 Å². The van der Waals surface area contributed by atoms with Crippen molar-refractivity contribution in [2.45, 2.75) is 24.7 Å². The Morgan fingerprint density at radius 3 is 2.46 bits per heavy atom. The van der Waals surface area contributed by atoms with E-state index in [2.05, 4.69) is 10.3 Å². The smallest absolute Gasteiger partial charge is 0.255 e. The molecule has 4 rings (SSSR count). The van der Waals surface area contributed by atoms with Crippen LogP contribution in [-0.2, 0) is 10.0 Å². The minimum atomic E-state index is -3.48. The molecule has 0 bridgehead atoms. The van der Waals surface area contributed by atoms with Crippen LogP contribution in [0, 0.1) is 6.92 Å². The van der Waals surface area contributed by atoms with E-state index >= 15 is 0 Å². The van der Waals surface area contributed by atoms with Crippen LogP contribution in [0.3, 0.4) is 0 Å². The molecule has 28 heavy (non-hydrogen) atoms. The maximum atomic E-state index is 12.7. The molecule has 0 aliphatic carbocycles. The van der Waals surface area contributed by atoms with Crippen molar-refractivity contribution in [1.82, 2.24) is 9.29 Å². The van der Waals surface area contributed by atoms with Crippen LogP contribution in [0.1, 0.15) is 28.8 Å². The first kappa shape index (κ1) is 18.6. The predicted molar refractivity (Wildman–Crippen MR) is 109 cm³/mol. The minimum Gasteiger partial charge on any atom is -0.321 e. The summed E-state index contributed by atoms with van der Waals surface area (Å²) in [6.45, 7) is 3.08. The molecule has 6 nitrogen and oxygen atoms in total. The lowest BCUT2D eigenvalue weighted by molar-refractivity contribution is 0.102. The predicted octanol–water partition coefficient (Wildman–Crippen LogP) is 3.58. The fraction of sp³-hybridized carbons (Fsp3) is 0.238. The number of fused-ring (bicyclic) bond motifs is 1.